The molecule has 5 rings (SSSR count). The molecule has 4 N–H and O–H groups in total. The molecule has 4 amide bonds. The minimum Gasteiger partial charge on any atom is -0.324 e. The number of hydrogen-bond donors (Lipinski definition) is 3. The van der Waals surface area contributed by atoms with E-state index >= 15 is 0 Å². The van der Waals surface area contributed by atoms with Gasteiger partial charge in [0.15, 0.2) is 0 Å². The third-order valence-corrected chi connectivity index (χ3v) is 6.59. The van der Waals surface area contributed by atoms with Crippen LogP contribution < -0.4 is 16.4 Å². The highest BCUT2D eigenvalue weighted by atomic mass is 16.2. The number of carbonyl (C=O) groups is 4. The van der Waals surface area contributed by atoms with Gasteiger partial charge in [0.1, 0.15) is 6.04 Å². The van der Waals surface area contributed by atoms with Crippen molar-refractivity contribution in [3.63, 3.8) is 0 Å². The summed E-state index contributed by atoms with van der Waals surface area (Å²) < 4.78 is 0. The van der Waals surface area contributed by atoms with E-state index in [4.69, 9.17) is 5.73 Å². The van der Waals surface area contributed by atoms with Gasteiger partial charge in [0.05, 0.1) is 11.1 Å². The first-order valence-corrected chi connectivity index (χ1v) is 10.9. The fraction of sp³-hybridized carbons (Fsp3) is 0.333. The molecule has 32 heavy (non-hydrogen) atoms. The minimum absolute atomic E-state index is 0.0474. The minimum atomic E-state index is -0.954. The molecule has 0 aromatic heterocycles. The number of rotatable bonds is 4. The van der Waals surface area contributed by atoms with Gasteiger partial charge in [-0.1, -0.05) is 30.3 Å². The highest BCUT2D eigenvalue weighted by Gasteiger charge is 2.44. The third-order valence-electron chi connectivity index (χ3n) is 6.59. The summed E-state index contributed by atoms with van der Waals surface area (Å²) in [6.45, 7) is 0.529. The molecular formula is C24H24N4O4. The largest absolute Gasteiger partial charge is 0.324 e. The van der Waals surface area contributed by atoms with E-state index in [-0.39, 0.29) is 36.4 Å². The quantitative estimate of drug-likeness (QED) is 0.633. The lowest BCUT2D eigenvalue weighted by Gasteiger charge is -2.30. The summed E-state index contributed by atoms with van der Waals surface area (Å²) in [5.74, 6) is -1.97. The van der Waals surface area contributed by atoms with Crippen LogP contribution in [0.1, 0.15) is 75.2 Å². The SMILES string of the molecule is NC1CCC(NCc2ccc3c(c2)C(=O)N(C2CCC(=O)NC2=O)C3=O)c2ccccc21. The number of nitrogens with one attached hydrogen (secondary N) is 2. The molecule has 1 aliphatic carbocycles. The van der Waals surface area contributed by atoms with E-state index in [1.54, 1.807) is 12.1 Å². The zero-order valence-corrected chi connectivity index (χ0v) is 17.5. The molecule has 2 aromatic carbocycles. The normalized spacial score (nSPS) is 24.9. The van der Waals surface area contributed by atoms with Crippen LogP contribution in [0, 0.1) is 0 Å². The third kappa shape index (κ3) is 3.41. The average Bonchev–Trinajstić information content (AvgIpc) is 3.03. The van der Waals surface area contributed by atoms with E-state index in [2.05, 4.69) is 22.8 Å². The van der Waals surface area contributed by atoms with E-state index in [0.717, 1.165) is 28.9 Å². The molecule has 0 saturated carbocycles. The molecular weight excluding hydrogens is 408 g/mol. The van der Waals surface area contributed by atoms with Crippen molar-refractivity contribution in [1.29, 1.82) is 0 Å². The van der Waals surface area contributed by atoms with Crippen molar-refractivity contribution < 1.29 is 19.2 Å². The Balaban J connectivity index is 1.33. The second-order valence-corrected chi connectivity index (χ2v) is 8.57. The Labute approximate surface area is 185 Å². The van der Waals surface area contributed by atoms with Gasteiger partial charge in [0.25, 0.3) is 11.8 Å². The number of benzene rings is 2. The van der Waals surface area contributed by atoms with E-state index in [1.165, 1.54) is 5.56 Å². The van der Waals surface area contributed by atoms with Gasteiger partial charge in [-0.25, -0.2) is 0 Å². The lowest BCUT2D eigenvalue weighted by atomic mass is 9.84. The number of amides is 4. The van der Waals surface area contributed by atoms with Crippen molar-refractivity contribution in [3.05, 3.63) is 70.3 Å². The van der Waals surface area contributed by atoms with E-state index < -0.39 is 23.8 Å². The molecule has 1 fully saturated rings. The Morgan fingerprint density at radius 3 is 2.47 bits per heavy atom. The van der Waals surface area contributed by atoms with Gasteiger partial charge in [0, 0.05) is 25.0 Å². The second kappa shape index (κ2) is 7.96. The highest BCUT2D eigenvalue weighted by Crippen LogP contribution is 2.35. The topological polar surface area (TPSA) is 122 Å². The molecule has 164 valence electrons. The maximum atomic E-state index is 13.0. The molecule has 2 aromatic rings. The van der Waals surface area contributed by atoms with Crippen molar-refractivity contribution in [1.82, 2.24) is 15.5 Å². The predicted molar refractivity (Wildman–Crippen MR) is 115 cm³/mol. The van der Waals surface area contributed by atoms with Gasteiger partial charge >= 0.3 is 0 Å². The molecule has 8 nitrogen and oxygen atoms in total. The molecule has 3 atom stereocenters. The van der Waals surface area contributed by atoms with Crippen LogP contribution in [0.3, 0.4) is 0 Å². The standard InChI is InChI=1S/C24H24N4O4/c25-18-7-8-19(15-4-2-1-3-14(15)18)26-12-13-5-6-16-17(11-13)24(32)28(23(16)31)20-9-10-21(29)27-22(20)30/h1-6,11,18-20,26H,7-10,12,25H2,(H,27,29,30). The molecule has 3 unspecified atom stereocenters. The van der Waals surface area contributed by atoms with Crippen LogP contribution in [0.5, 0.6) is 0 Å². The van der Waals surface area contributed by atoms with Crippen molar-refractivity contribution in [2.24, 2.45) is 5.73 Å². The Morgan fingerprint density at radius 2 is 1.69 bits per heavy atom. The summed E-state index contributed by atoms with van der Waals surface area (Å²) >= 11 is 0. The monoisotopic (exact) mass is 432 g/mol. The highest BCUT2D eigenvalue weighted by molar-refractivity contribution is 6.23. The number of carbonyl (C=O) groups excluding carboxylic acids is 4. The van der Waals surface area contributed by atoms with Gasteiger partial charge in [-0.2, -0.15) is 0 Å². The Morgan fingerprint density at radius 1 is 0.938 bits per heavy atom. The number of hydrogen-bond acceptors (Lipinski definition) is 6. The van der Waals surface area contributed by atoms with E-state index in [1.807, 2.05) is 18.2 Å². The summed E-state index contributed by atoms with van der Waals surface area (Å²) in [5, 5.41) is 5.76. The van der Waals surface area contributed by atoms with Gasteiger partial charge in [-0.3, -0.25) is 29.4 Å². The molecule has 0 spiro atoms. The summed E-state index contributed by atoms with van der Waals surface area (Å²) in [7, 11) is 0. The van der Waals surface area contributed by atoms with E-state index in [9.17, 15) is 19.2 Å². The second-order valence-electron chi connectivity index (χ2n) is 8.57. The molecule has 2 heterocycles. The number of nitrogens with zero attached hydrogens (tertiary/aromatic N) is 1. The molecule has 3 aliphatic rings. The first-order chi connectivity index (χ1) is 15.4. The van der Waals surface area contributed by atoms with Crippen LogP contribution in [0.25, 0.3) is 0 Å². The Hall–Kier alpha value is -3.36. The lowest BCUT2D eigenvalue weighted by molar-refractivity contribution is -0.136. The van der Waals surface area contributed by atoms with Crippen LogP contribution in [0.15, 0.2) is 42.5 Å². The number of nitrogens with two attached hydrogens (primary N) is 1. The van der Waals surface area contributed by atoms with Crippen LogP contribution in [-0.2, 0) is 16.1 Å². The molecule has 0 radical (unpaired) electrons. The van der Waals surface area contributed by atoms with Crippen molar-refractivity contribution in [3.8, 4) is 0 Å². The maximum Gasteiger partial charge on any atom is 0.262 e. The maximum absolute atomic E-state index is 13.0. The van der Waals surface area contributed by atoms with E-state index in [0.29, 0.717) is 12.1 Å². The van der Waals surface area contributed by atoms with Crippen LogP contribution in [0.2, 0.25) is 0 Å². The predicted octanol–water partition coefficient (Wildman–Crippen LogP) is 1.71. The Bertz CT molecular complexity index is 1140. The zero-order chi connectivity index (χ0) is 22.4. The summed E-state index contributed by atoms with van der Waals surface area (Å²) in [5.41, 5.74) is 10.1. The van der Waals surface area contributed by atoms with Gasteiger partial charge in [-0.05, 0) is 48.1 Å². The number of imide groups is 2. The fourth-order valence-corrected chi connectivity index (χ4v) is 4.90. The zero-order valence-electron chi connectivity index (χ0n) is 17.5. The molecule has 1 saturated heterocycles. The summed E-state index contributed by atoms with van der Waals surface area (Å²) in [4.78, 5) is 50.4. The van der Waals surface area contributed by atoms with Crippen molar-refractivity contribution in [2.45, 2.75) is 50.4 Å². The van der Waals surface area contributed by atoms with Gasteiger partial charge in [-0.15, -0.1) is 0 Å². The smallest absolute Gasteiger partial charge is 0.262 e. The molecule has 8 heteroatoms. The van der Waals surface area contributed by atoms with Crippen molar-refractivity contribution >= 4 is 23.6 Å². The van der Waals surface area contributed by atoms with Crippen LogP contribution in [-0.4, -0.2) is 34.6 Å². The van der Waals surface area contributed by atoms with Crippen LogP contribution >= 0.6 is 0 Å². The van der Waals surface area contributed by atoms with Gasteiger partial charge in [0.2, 0.25) is 11.8 Å². The summed E-state index contributed by atoms with van der Waals surface area (Å²) in [6.07, 6.45) is 2.07. The average molecular weight is 432 g/mol. The molecule has 2 aliphatic heterocycles. The number of fused-ring (bicyclic) bond motifs is 2. The molecule has 0 bridgehead atoms. The summed E-state index contributed by atoms with van der Waals surface area (Å²) in [6, 6.07) is 12.6. The van der Waals surface area contributed by atoms with Gasteiger partial charge < -0.3 is 11.1 Å². The van der Waals surface area contributed by atoms with Crippen molar-refractivity contribution in [2.75, 3.05) is 0 Å². The fourth-order valence-electron chi connectivity index (χ4n) is 4.90. The number of piperidine rings is 1. The first-order valence-electron chi connectivity index (χ1n) is 10.9. The van der Waals surface area contributed by atoms with Crippen LogP contribution in [0.4, 0.5) is 0 Å². The first kappa shape index (κ1) is 20.5. The Kier molecular flexibility index (Phi) is 5.11. The lowest BCUT2D eigenvalue weighted by Crippen LogP contribution is -2.54.